The van der Waals surface area contributed by atoms with E-state index in [1.165, 1.54) is 109 Å². The van der Waals surface area contributed by atoms with E-state index >= 15 is 0 Å². The SMILES string of the molecule is CCCCCCCCCCCCCCCCC/C=C/CC/C=C/CC/C=C/C(O)C(COC1OC(CO)C(OC2OC(CO)C(O)C(O)C2O)C(O)C1O)NC(=O)CCCCCCCCC. The lowest BCUT2D eigenvalue weighted by molar-refractivity contribution is -0.359. The number of unbranched alkanes of at least 4 members (excludes halogenated alkanes) is 23. The Morgan fingerprint density at radius 1 is 0.530 bits per heavy atom. The molecule has 14 nitrogen and oxygen atoms in total. The summed E-state index contributed by atoms with van der Waals surface area (Å²) in [5.41, 5.74) is 0. The molecule has 9 N–H and O–H groups in total. The van der Waals surface area contributed by atoms with Gasteiger partial charge in [0.1, 0.15) is 48.8 Å². The molecule has 12 unspecified atom stereocenters. The van der Waals surface area contributed by atoms with E-state index in [0.717, 1.165) is 51.4 Å². The van der Waals surface area contributed by atoms with Crippen molar-refractivity contribution in [3.63, 3.8) is 0 Å². The van der Waals surface area contributed by atoms with E-state index in [9.17, 15) is 45.6 Å². The van der Waals surface area contributed by atoms with Crippen molar-refractivity contribution >= 4 is 5.91 Å². The highest BCUT2D eigenvalue weighted by atomic mass is 16.7. The van der Waals surface area contributed by atoms with Crippen LogP contribution in [0.1, 0.15) is 194 Å². The number of carbonyl (C=O) groups excluding carboxylic acids is 1. The van der Waals surface area contributed by atoms with Crippen LogP contribution < -0.4 is 5.32 Å². The quantitative estimate of drug-likeness (QED) is 0.0221. The molecule has 2 aliphatic heterocycles. The largest absolute Gasteiger partial charge is 0.394 e. The highest BCUT2D eigenvalue weighted by Gasteiger charge is 2.51. The molecule has 2 heterocycles. The monoisotopic (exact) mass is 942 g/mol. The highest BCUT2D eigenvalue weighted by molar-refractivity contribution is 5.76. The Morgan fingerprint density at radius 3 is 1.48 bits per heavy atom. The van der Waals surface area contributed by atoms with E-state index in [4.69, 9.17) is 18.9 Å². The third kappa shape index (κ3) is 25.7. The van der Waals surface area contributed by atoms with Crippen molar-refractivity contribution < 1.29 is 64.6 Å². The van der Waals surface area contributed by atoms with E-state index in [1.54, 1.807) is 6.08 Å². The van der Waals surface area contributed by atoms with Gasteiger partial charge in [0.15, 0.2) is 12.6 Å². The highest BCUT2D eigenvalue weighted by Crippen LogP contribution is 2.30. The average Bonchev–Trinajstić information content (AvgIpc) is 3.31. The van der Waals surface area contributed by atoms with Crippen LogP contribution in [-0.4, -0.2) is 140 Å². The lowest BCUT2D eigenvalue weighted by atomic mass is 9.97. The summed E-state index contributed by atoms with van der Waals surface area (Å²) in [6, 6.07) is -0.932. The Kier molecular flexibility index (Phi) is 35.6. The zero-order chi connectivity index (χ0) is 48.2. The van der Waals surface area contributed by atoms with Crippen molar-refractivity contribution in [2.24, 2.45) is 0 Å². The summed E-state index contributed by atoms with van der Waals surface area (Å²) in [6.45, 7) is 2.70. The molecule has 0 aromatic heterocycles. The fourth-order valence-corrected chi connectivity index (χ4v) is 8.50. The maximum absolute atomic E-state index is 13.0. The molecular formula is C52H95NO13. The van der Waals surface area contributed by atoms with Gasteiger partial charge in [0.25, 0.3) is 0 Å². The van der Waals surface area contributed by atoms with Gasteiger partial charge in [0, 0.05) is 6.42 Å². The molecule has 1 amide bonds. The number of carbonyl (C=O) groups is 1. The van der Waals surface area contributed by atoms with E-state index in [1.807, 2.05) is 6.08 Å². The summed E-state index contributed by atoms with van der Waals surface area (Å²) in [4.78, 5) is 13.0. The molecule has 2 aliphatic rings. The number of hydrogen-bond acceptors (Lipinski definition) is 13. The Labute approximate surface area is 398 Å². The number of aliphatic hydroxyl groups is 8. The number of nitrogens with one attached hydrogen (secondary N) is 1. The maximum Gasteiger partial charge on any atom is 0.220 e. The van der Waals surface area contributed by atoms with Crippen molar-refractivity contribution in [1.82, 2.24) is 5.32 Å². The van der Waals surface area contributed by atoms with Crippen molar-refractivity contribution in [3.8, 4) is 0 Å². The zero-order valence-corrected chi connectivity index (χ0v) is 40.9. The van der Waals surface area contributed by atoms with Crippen LogP contribution in [-0.2, 0) is 23.7 Å². The molecule has 2 saturated heterocycles. The number of amides is 1. The minimum atomic E-state index is -1.79. The molecule has 0 aliphatic carbocycles. The molecule has 0 radical (unpaired) electrons. The van der Waals surface area contributed by atoms with Gasteiger partial charge in [-0.15, -0.1) is 0 Å². The molecule has 66 heavy (non-hydrogen) atoms. The third-order valence-electron chi connectivity index (χ3n) is 12.8. The minimum absolute atomic E-state index is 0.261. The first-order valence-electron chi connectivity index (χ1n) is 26.2. The number of hydrogen-bond donors (Lipinski definition) is 9. The molecule has 0 spiro atoms. The predicted molar refractivity (Wildman–Crippen MR) is 258 cm³/mol. The molecule has 0 aromatic carbocycles. The maximum atomic E-state index is 13.0. The van der Waals surface area contributed by atoms with E-state index in [2.05, 4.69) is 43.5 Å². The summed E-state index contributed by atoms with van der Waals surface area (Å²) < 4.78 is 22.6. The van der Waals surface area contributed by atoms with Gasteiger partial charge < -0.3 is 65.1 Å². The number of allylic oxidation sites excluding steroid dienone is 5. The van der Waals surface area contributed by atoms with E-state index < -0.39 is 86.8 Å². The Morgan fingerprint density at radius 2 is 0.970 bits per heavy atom. The minimum Gasteiger partial charge on any atom is -0.394 e. The van der Waals surface area contributed by atoms with Gasteiger partial charge in [0.2, 0.25) is 5.91 Å². The number of aliphatic hydroxyl groups excluding tert-OH is 8. The summed E-state index contributed by atoms with van der Waals surface area (Å²) >= 11 is 0. The van der Waals surface area contributed by atoms with E-state index in [0.29, 0.717) is 12.8 Å². The van der Waals surface area contributed by atoms with Crippen LogP contribution in [0.15, 0.2) is 36.5 Å². The van der Waals surface area contributed by atoms with Crippen molar-refractivity contribution in [1.29, 1.82) is 0 Å². The molecular weight excluding hydrogens is 847 g/mol. The van der Waals surface area contributed by atoms with Crippen LogP contribution >= 0.6 is 0 Å². The predicted octanol–water partition coefficient (Wildman–Crippen LogP) is 7.10. The fraction of sp³-hybridized carbons (Fsp3) is 0.865. The molecule has 0 saturated carbocycles. The van der Waals surface area contributed by atoms with E-state index in [-0.39, 0.29) is 18.9 Å². The first-order chi connectivity index (χ1) is 32.1. The normalized spacial score (nSPS) is 27.1. The van der Waals surface area contributed by atoms with Gasteiger partial charge in [-0.2, -0.15) is 0 Å². The molecule has 2 rings (SSSR count). The van der Waals surface area contributed by atoms with Gasteiger partial charge in [0.05, 0.1) is 32.0 Å². The summed E-state index contributed by atoms with van der Waals surface area (Å²) in [5, 5.41) is 86.5. The lowest BCUT2D eigenvalue weighted by Crippen LogP contribution is -2.65. The van der Waals surface area contributed by atoms with Gasteiger partial charge >= 0.3 is 0 Å². The molecule has 14 heteroatoms. The fourth-order valence-electron chi connectivity index (χ4n) is 8.50. The van der Waals surface area contributed by atoms with Crippen molar-refractivity contribution in [2.45, 2.75) is 267 Å². The second-order valence-electron chi connectivity index (χ2n) is 18.6. The standard InChI is InChI=1S/C52H95NO13/c1-3-5-7-9-11-12-13-14-15-16-17-18-19-20-21-22-23-24-25-26-27-28-30-31-33-35-41(56)40(53-44(57)36-34-32-29-10-8-6-4-2)39-63-51-49(62)47(60)50(43(38-55)65-51)66-52-48(61)46(59)45(58)42(37-54)64-52/h23-24,27-28,33,35,40-43,45-52,54-56,58-62H,3-22,25-26,29-32,34,36-39H2,1-2H3,(H,53,57)/b24-23+,28-27+,35-33+. The van der Waals surface area contributed by atoms with Crippen LogP contribution in [0.4, 0.5) is 0 Å². The number of rotatable bonds is 40. The van der Waals surface area contributed by atoms with Crippen LogP contribution in [0.3, 0.4) is 0 Å². The van der Waals surface area contributed by atoms with Crippen LogP contribution in [0.25, 0.3) is 0 Å². The first kappa shape index (κ1) is 60.3. The summed E-state index contributed by atoms with van der Waals surface area (Å²) in [5.74, 6) is -0.261. The Hall–Kier alpha value is -1.79. The van der Waals surface area contributed by atoms with Gasteiger partial charge in [-0.05, 0) is 44.9 Å². The van der Waals surface area contributed by atoms with Crippen molar-refractivity contribution in [3.05, 3.63) is 36.5 Å². The smallest absolute Gasteiger partial charge is 0.220 e. The Balaban J connectivity index is 1.76. The van der Waals surface area contributed by atoms with Crippen LogP contribution in [0.2, 0.25) is 0 Å². The second kappa shape index (κ2) is 39.0. The molecule has 2 fully saturated rings. The Bertz CT molecular complexity index is 1250. The lowest BCUT2D eigenvalue weighted by Gasteiger charge is -2.46. The topological polar surface area (TPSA) is 228 Å². The van der Waals surface area contributed by atoms with Gasteiger partial charge in [-0.1, -0.05) is 179 Å². The molecule has 0 bridgehead atoms. The van der Waals surface area contributed by atoms with Crippen LogP contribution in [0, 0.1) is 0 Å². The number of ether oxygens (including phenoxy) is 4. The van der Waals surface area contributed by atoms with Gasteiger partial charge in [-0.25, -0.2) is 0 Å². The first-order valence-corrected chi connectivity index (χ1v) is 26.2. The third-order valence-corrected chi connectivity index (χ3v) is 12.8. The molecule has 386 valence electrons. The average molecular weight is 942 g/mol. The summed E-state index contributed by atoms with van der Waals surface area (Å²) in [7, 11) is 0. The second-order valence-corrected chi connectivity index (χ2v) is 18.6. The molecule has 12 atom stereocenters. The van der Waals surface area contributed by atoms with Crippen LogP contribution in [0.5, 0.6) is 0 Å². The van der Waals surface area contributed by atoms with Crippen molar-refractivity contribution in [2.75, 3.05) is 19.8 Å². The molecule has 0 aromatic rings. The van der Waals surface area contributed by atoms with Gasteiger partial charge in [-0.3, -0.25) is 4.79 Å². The zero-order valence-electron chi connectivity index (χ0n) is 40.9. The summed E-state index contributed by atoms with van der Waals surface area (Å²) in [6.07, 6.45) is 28.1.